The van der Waals surface area contributed by atoms with Crippen LogP contribution in [0.25, 0.3) is 0 Å². The number of hydrogen-bond donors (Lipinski definition) is 1. The van der Waals surface area contributed by atoms with Crippen molar-refractivity contribution in [2.24, 2.45) is 0 Å². The molecule has 0 saturated heterocycles. The Bertz CT molecular complexity index is 873. The summed E-state index contributed by atoms with van der Waals surface area (Å²) < 4.78 is 5.78. The van der Waals surface area contributed by atoms with Crippen LogP contribution in [-0.2, 0) is 0 Å². The Kier molecular flexibility index (Phi) is 9.14. The van der Waals surface area contributed by atoms with E-state index in [-0.39, 0.29) is 17.9 Å². The summed E-state index contributed by atoms with van der Waals surface area (Å²) in [6.45, 7) is 2.88. The number of carbonyl (C=O) groups excluding carboxylic acids is 2. The maximum atomic E-state index is 13.1. The molecule has 2 aromatic rings. The van der Waals surface area contributed by atoms with Crippen molar-refractivity contribution in [1.82, 2.24) is 5.32 Å². The Labute approximate surface area is 192 Å². The topological polar surface area (TPSA) is 58.6 Å². The number of carbonyl (C=O) groups is 2. The van der Waals surface area contributed by atoms with E-state index in [0.29, 0.717) is 23.4 Å². The highest BCUT2D eigenvalue weighted by molar-refractivity contribution is 6.10. The number of ether oxygens (including phenoxy) is 1. The summed E-state index contributed by atoms with van der Waals surface area (Å²) in [5.74, 6) is 0.504. The van der Waals surface area contributed by atoms with Crippen LogP contribution in [0.15, 0.2) is 48.5 Å². The second-order valence-electron chi connectivity index (χ2n) is 8.62. The van der Waals surface area contributed by atoms with E-state index >= 15 is 0 Å². The average Bonchev–Trinajstić information content (AvgIpc) is 2.84. The third-order valence-corrected chi connectivity index (χ3v) is 6.12. The van der Waals surface area contributed by atoms with Crippen molar-refractivity contribution in [1.29, 1.82) is 0 Å². The third-order valence-electron chi connectivity index (χ3n) is 6.12. The Balaban J connectivity index is 1.63. The second-order valence-corrected chi connectivity index (χ2v) is 8.62. The number of hydrogen-bond acceptors (Lipinski definition) is 3. The van der Waals surface area contributed by atoms with E-state index in [0.717, 1.165) is 37.9 Å². The molecule has 0 unspecified atom stereocenters. The summed E-state index contributed by atoms with van der Waals surface area (Å²) >= 11 is 0. The minimum atomic E-state index is -0.155. The van der Waals surface area contributed by atoms with Crippen LogP contribution in [0.1, 0.15) is 85.4 Å². The molecule has 32 heavy (non-hydrogen) atoms. The van der Waals surface area contributed by atoms with Crippen LogP contribution in [0.4, 0.5) is 5.69 Å². The van der Waals surface area contributed by atoms with Gasteiger partial charge in [-0.15, -0.1) is 0 Å². The zero-order valence-electron chi connectivity index (χ0n) is 19.4. The number of benzene rings is 2. The van der Waals surface area contributed by atoms with Crippen LogP contribution in [0.3, 0.4) is 0 Å². The van der Waals surface area contributed by atoms with Gasteiger partial charge in [-0.1, -0.05) is 57.6 Å². The first-order chi connectivity index (χ1) is 15.6. The van der Waals surface area contributed by atoms with Gasteiger partial charge >= 0.3 is 0 Å². The summed E-state index contributed by atoms with van der Waals surface area (Å²) in [5, 5.41) is 3.16. The monoisotopic (exact) mass is 436 g/mol. The summed E-state index contributed by atoms with van der Waals surface area (Å²) in [4.78, 5) is 27.6. The van der Waals surface area contributed by atoms with Gasteiger partial charge in [-0.2, -0.15) is 0 Å². The molecule has 0 aliphatic heterocycles. The van der Waals surface area contributed by atoms with E-state index in [1.165, 1.54) is 25.7 Å². The number of nitrogens with zero attached hydrogens (tertiary/aromatic N) is 1. The SMILES string of the molecule is CCCCCCOc1ccc(C(=O)N(C)c2ccccc2C(=O)NC2CCCCC2)cc1. The van der Waals surface area contributed by atoms with Crippen molar-refractivity contribution >= 4 is 17.5 Å². The summed E-state index contributed by atoms with van der Waals surface area (Å²) in [6.07, 6.45) is 10.2. The van der Waals surface area contributed by atoms with Gasteiger partial charge in [0.15, 0.2) is 0 Å². The van der Waals surface area contributed by atoms with Crippen molar-refractivity contribution in [3.05, 3.63) is 59.7 Å². The minimum absolute atomic E-state index is 0.112. The molecule has 0 spiro atoms. The van der Waals surface area contributed by atoms with Gasteiger partial charge in [-0.3, -0.25) is 9.59 Å². The molecule has 2 aromatic carbocycles. The fraction of sp³-hybridized carbons (Fsp3) is 0.481. The molecule has 3 rings (SSSR count). The van der Waals surface area contributed by atoms with Gasteiger partial charge in [0.05, 0.1) is 17.9 Å². The van der Waals surface area contributed by atoms with Crippen molar-refractivity contribution in [3.63, 3.8) is 0 Å². The van der Waals surface area contributed by atoms with Crippen LogP contribution in [0.2, 0.25) is 0 Å². The largest absolute Gasteiger partial charge is 0.494 e. The van der Waals surface area contributed by atoms with Crippen molar-refractivity contribution < 1.29 is 14.3 Å². The molecule has 5 nitrogen and oxygen atoms in total. The van der Waals surface area contributed by atoms with E-state index in [1.54, 1.807) is 30.1 Å². The fourth-order valence-electron chi connectivity index (χ4n) is 4.18. The van der Waals surface area contributed by atoms with E-state index < -0.39 is 0 Å². The predicted molar refractivity (Wildman–Crippen MR) is 130 cm³/mol. The molecule has 1 N–H and O–H groups in total. The van der Waals surface area contributed by atoms with E-state index in [4.69, 9.17) is 4.74 Å². The van der Waals surface area contributed by atoms with Crippen LogP contribution in [0, 0.1) is 0 Å². The molecule has 0 heterocycles. The molecule has 1 fully saturated rings. The van der Waals surface area contributed by atoms with Crippen molar-refractivity contribution in [2.75, 3.05) is 18.6 Å². The first-order valence-electron chi connectivity index (χ1n) is 12.0. The van der Waals surface area contributed by atoms with Gasteiger partial charge < -0.3 is 15.0 Å². The predicted octanol–water partition coefficient (Wildman–Crippen LogP) is 5.98. The lowest BCUT2D eigenvalue weighted by Crippen LogP contribution is -2.37. The van der Waals surface area contributed by atoms with Crippen molar-refractivity contribution in [3.8, 4) is 5.75 Å². The number of anilines is 1. The molecule has 0 atom stereocenters. The molecule has 0 aromatic heterocycles. The third kappa shape index (κ3) is 6.59. The quantitative estimate of drug-likeness (QED) is 0.466. The lowest BCUT2D eigenvalue weighted by atomic mass is 9.95. The highest BCUT2D eigenvalue weighted by Gasteiger charge is 2.22. The van der Waals surface area contributed by atoms with E-state index in [9.17, 15) is 9.59 Å². The number of rotatable bonds is 10. The first kappa shape index (κ1) is 23.8. The van der Waals surface area contributed by atoms with Gasteiger partial charge in [0, 0.05) is 18.7 Å². The van der Waals surface area contributed by atoms with Gasteiger partial charge in [-0.05, 0) is 55.7 Å². The number of nitrogens with one attached hydrogen (secondary N) is 1. The second kappa shape index (κ2) is 12.3. The number of amides is 2. The first-order valence-corrected chi connectivity index (χ1v) is 12.0. The maximum Gasteiger partial charge on any atom is 0.258 e. The molecule has 1 aliphatic carbocycles. The van der Waals surface area contributed by atoms with Crippen LogP contribution in [-0.4, -0.2) is 31.5 Å². The highest BCUT2D eigenvalue weighted by atomic mass is 16.5. The molecule has 2 amide bonds. The standard InChI is InChI=1S/C27H36N2O3/c1-3-4-5-11-20-32-23-18-16-21(17-19-23)27(31)29(2)25-15-10-9-14-24(25)26(30)28-22-12-7-6-8-13-22/h9-10,14-19,22H,3-8,11-13,20H2,1-2H3,(H,28,30). The highest BCUT2D eigenvalue weighted by Crippen LogP contribution is 2.24. The Morgan fingerprint density at radius 2 is 1.69 bits per heavy atom. The maximum absolute atomic E-state index is 13.1. The van der Waals surface area contributed by atoms with Gasteiger partial charge in [0.25, 0.3) is 11.8 Å². The van der Waals surface area contributed by atoms with Crippen LogP contribution >= 0.6 is 0 Å². The molecule has 1 aliphatic rings. The summed E-state index contributed by atoms with van der Waals surface area (Å²) in [7, 11) is 1.72. The zero-order valence-corrected chi connectivity index (χ0v) is 19.4. The average molecular weight is 437 g/mol. The lowest BCUT2D eigenvalue weighted by Gasteiger charge is -2.25. The Hall–Kier alpha value is -2.82. The Morgan fingerprint density at radius 3 is 2.41 bits per heavy atom. The van der Waals surface area contributed by atoms with Crippen LogP contribution in [0.5, 0.6) is 5.75 Å². The lowest BCUT2D eigenvalue weighted by molar-refractivity contribution is 0.0928. The van der Waals surface area contributed by atoms with Crippen molar-refractivity contribution in [2.45, 2.75) is 70.8 Å². The number of para-hydroxylation sites is 1. The molecule has 0 bridgehead atoms. The molecule has 0 radical (unpaired) electrons. The fourth-order valence-corrected chi connectivity index (χ4v) is 4.18. The molecule has 5 heteroatoms. The van der Waals surface area contributed by atoms with Gasteiger partial charge in [0.2, 0.25) is 0 Å². The molecule has 172 valence electrons. The molecule has 1 saturated carbocycles. The smallest absolute Gasteiger partial charge is 0.258 e. The van der Waals surface area contributed by atoms with Crippen LogP contribution < -0.4 is 15.0 Å². The zero-order chi connectivity index (χ0) is 22.8. The van der Waals surface area contributed by atoms with Gasteiger partial charge in [0.1, 0.15) is 5.75 Å². The minimum Gasteiger partial charge on any atom is -0.494 e. The number of unbranched alkanes of at least 4 members (excludes halogenated alkanes) is 3. The Morgan fingerprint density at radius 1 is 0.969 bits per heavy atom. The molecular weight excluding hydrogens is 400 g/mol. The summed E-state index contributed by atoms with van der Waals surface area (Å²) in [6, 6.07) is 14.8. The van der Waals surface area contributed by atoms with E-state index in [2.05, 4.69) is 12.2 Å². The summed E-state index contributed by atoms with van der Waals surface area (Å²) in [5.41, 5.74) is 1.70. The van der Waals surface area contributed by atoms with Gasteiger partial charge in [-0.25, -0.2) is 0 Å². The van der Waals surface area contributed by atoms with E-state index in [1.807, 2.05) is 30.3 Å². The normalized spacial score (nSPS) is 14.1. The molecular formula is C27H36N2O3.